The number of carbonyl (C=O) groups excluding carboxylic acids is 1. The zero-order chi connectivity index (χ0) is 15.3. The number of aliphatic carboxylic acids is 2. The van der Waals surface area contributed by atoms with E-state index in [1.807, 2.05) is 6.08 Å². The minimum atomic E-state index is -1.23. The Labute approximate surface area is 141 Å². The zero-order valence-electron chi connectivity index (χ0n) is 11.8. The van der Waals surface area contributed by atoms with Crippen molar-refractivity contribution in [3.8, 4) is 0 Å². The van der Waals surface area contributed by atoms with Gasteiger partial charge < -0.3 is 15.0 Å². The minimum absolute atomic E-state index is 0. The third kappa shape index (κ3) is 18.7. The molecule has 5 heteroatoms. The topological polar surface area (TPSA) is 77.4 Å². The Balaban J connectivity index is -0.000000230. The maximum absolute atomic E-state index is 9.25. The molecule has 0 spiro atoms. The summed E-state index contributed by atoms with van der Waals surface area (Å²) in [6.45, 7) is 11.6. The van der Waals surface area contributed by atoms with Crippen molar-refractivity contribution in [2.45, 2.75) is 6.92 Å². The van der Waals surface area contributed by atoms with Crippen molar-refractivity contribution in [1.29, 1.82) is 0 Å². The molecule has 0 bridgehead atoms. The Morgan fingerprint density at radius 1 is 1.10 bits per heavy atom. The monoisotopic (exact) mass is 284 g/mol. The maximum atomic E-state index is 9.25. The molecule has 0 fully saturated rings. The van der Waals surface area contributed by atoms with Gasteiger partial charge in [-0.2, -0.15) is 0 Å². The van der Waals surface area contributed by atoms with Crippen LogP contribution < -0.4 is 34.7 Å². The van der Waals surface area contributed by atoms with Crippen molar-refractivity contribution in [1.82, 2.24) is 0 Å². The zero-order valence-corrected chi connectivity index (χ0v) is 13.8. The molecule has 1 aromatic carbocycles. The van der Waals surface area contributed by atoms with Gasteiger partial charge in [-0.3, -0.25) is 0 Å². The van der Waals surface area contributed by atoms with Crippen molar-refractivity contribution >= 4 is 18.0 Å². The summed E-state index contributed by atoms with van der Waals surface area (Å²) in [7, 11) is 0. The van der Waals surface area contributed by atoms with Gasteiger partial charge in [0.05, 0.1) is 5.97 Å². The fourth-order valence-corrected chi connectivity index (χ4v) is 0.703. The van der Waals surface area contributed by atoms with Gasteiger partial charge in [-0.15, -0.1) is 0 Å². The quantitative estimate of drug-likeness (QED) is 0.560. The number of hydrogen-bond acceptors (Lipinski definition) is 3. The fourth-order valence-electron chi connectivity index (χ4n) is 0.703. The number of rotatable bonds is 3. The van der Waals surface area contributed by atoms with E-state index in [0.717, 1.165) is 12.2 Å². The molecule has 0 aromatic heterocycles. The van der Waals surface area contributed by atoms with Crippen molar-refractivity contribution < 1.29 is 49.4 Å². The molecule has 20 heavy (non-hydrogen) atoms. The molecule has 0 aliphatic rings. The molecule has 0 atom stereocenters. The van der Waals surface area contributed by atoms with E-state index in [4.69, 9.17) is 15.0 Å². The molecule has 0 saturated heterocycles. The molecule has 0 amide bonds. The third-order valence-corrected chi connectivity index (χ3v) is 1.65. The van der Waals surface area contributed by atoms with E-state index < -0.39 is 11.9 Å². The van der Waals surface area contributed by atoms with Gasteiger partial charge in [0.25, 0.3) is 0 Å². The van der Waals surface area contributed by atoms with Crippen molar-refractivity contribution in [2.75, 3.05) is 0 Å². The molecular weight excluding hydrogens is 267 g/mol. The Bertz CT molecular complexity index is 418. The molecule has 1 rings (SSSR count). The maximum Gasteiger partial charge on any atom is 1.00 e. The van der Waals surface area contributed by atoms with Crippen LogP contribution in [0.15, 0.2) is 56.2 Å². The van der Waals surface area contributed by atoms with Crippen molar-refractivity contribution in [3.63, 3.8) is 0 Å². The third-order valence-electron chi connectivity index (χ3n) is 1.65. The molecule has 0 heterocycles. The van der Waals surface area contributed by atoms with Crippen LogP contribution in [0.3, 0.4) is 0 Å². The molecule has 1 N–H and O–H groups in total. The van der Waals surface area contributed by atoms with E-state index in [1.165, 1.54) is 11.1 Å². The van der Waals surface area contributed by atoms with Crippen LogP contribution in [0.25, 0.3) is 6.08 Å². The summed E-state index contributed by atoms with van der Waals surface area (Å²) in [5.74, 6) is -2.21. The first kappa shape index (κ1) is 23.5. The Kier molecular flexibility index (Phi) is 18.1. The first-order valence-corrected chi connectivity index (χ1v) is 5.25. The van der Waals surface area contributed by atoms with Crippen LogP contribution in [0, 0.1) is 6.92 Å². The van der Waals surface area contributed by atoms with E-state index in [1.54, 1.807) is 0 Å². The minimum Gasteiger partial charge on any atom is -0.545 e. The molecule has 4 nitrogen and oxygen atoms in total. The first-order valence-electron chi connectivity index (χ1n) is 5.25. The van der Waals surface area contributed by atoms with Gasteiger partial charge in [0.15, 0.2) is 0 Å². The molecule has 0 radical (unpaired) electrons. The van der Waals surface area contributed by atoms with Gasteiger partial charge in [-0.1, -0.05) is 55.6 Å². The Morgan fingerprint density at radius 3 is 1.65 bits per heavy atom. The summed E-state index contributed by atoms with van der Waals surface area (Å²) < 4.78 is 0. The molecule has 0 saturated carbocycles. The summed E-state index contributed by atoms with van der Waals surface area (Å²) in [4.78, 5) is 18.4. The number of carbonyl (C=O) groups is 2. The largest absolute Gasteiger partial charge is 1.00 e. The molecule has 1 aromatic rings. The molecule has 0 aliphatic heterocycles. The second kappa shape index (κ2) is 15.4. The summed E-state index contributed by atoms with van der Waals surface area (Å²) in [5, 5.41) is 16.7. The van der Waals surface area contributed by atoms with E-state index in [0.29, 0.717) is 0 Å². The SMILES string of the molecule is C=CC(=O)O.C=CC(=O)[O-].C=Cc1ccc(C)cc1.[Na+]. The van der Waals surface area contributed by atoms with Crippen LogP contribution in [0.4, 0.5) is 0 Å². The van der Waals surface area contributed by atoms with Gasteiger partial charge in [-0.25, -0.2) is 4.79 Å². The van der Waals surface area contributed by atoms with E-state index >= 15 is 0 Å². The smallest absolute Gasteiger partial charge is 0.545 e. The van der Waals surface area contributed by atoms with Gasteiger partial charge in [0, 0.05) is 6.08 Å². The van der Waals surface area contributed by atoms with Gasteiger partial charge in [0.2, 0.25) is 0 Å². The van der Waals surface area contributed by atoms with E-state index in [9.17, 15) is 4.79 Å². The first-order chi connectivity index (χ1) is 8.87. The van der Waals surface area contributed by atoms with Crippen LogP contribution in [0.5, 0.6) is 0 Å². The van der Waals surface area contributed by atoms with Crippen LogP contribution in [0.2, 0.25) is 0 Å². The van der Waals surface area contributed by atoms with Crippen LogP contribution in [0.1, 0.15) is 11.1 Å². The molecule has 0 unspecified atom stereocenters. The number of carboxylic acid groups (broad SMARTS) is 2. The van der Waals surface area contributed by atoms with Crippen LogP contribution in [-0.4, -0.2) is 17.0 Å². The predicted molar refractivity (Wildman–Crippen MR) is 74.3 cm³/mol. The van der Waals surface area contributed by atoms with Crippen molar-refractivity contribution in [2.24, 2.45) is 0 Å². The standard InChI is InChI=1S/C9H10.2C3H4O2.Na/c1-3-9-6-4-8(2)5-7-9;2*1-2-3(4)5;/h3-7H,1H2,2H3;2*2H,1H2,(H,4,5);/q;;;+1/p-1. The fraction of sp³-hybridized carbons (Fsp3) is 0.0667. The molecule has 102 valence electrons. The summed E-state index contributed by atoms with van der Waals surface area (Å²) >= 11 is 0. The van der Waals surface area contributed by atoms with Crippen molar-refractivity contribution in [3.05, 3.63) is 67.3 Å². The van der Waals surface area contributed by atoms with Gasteiger partial charge in [-0.05, 0) is 18.6 Å². The van der Waals surface area contributed by atoms with Crippen LogP contribution >= 0.6 is 0 Å². The predicted octanol–water partition coefficient (Wildman–Crippen LogP) is -1.18. The van der Waals surface area contributed by atoms with E-state index in [-0.39, 0.29) is 29.6 Å². The Hall–Kier alpha value is -1.62. The second-order valence-electron chi connectivity index (χ2n) is 3.18. The number of benzene rings is 1. The van der Waals surface area contributed by atoms with E-state index in [2.05, 4.69) is 50.9 Å². The second-order valence-corrected chi connectivity index (χ2v) is 3.18. The normalized spacial score (nSPS) is 7.25. The summed E-state index contributed by atoms with van der Waals surface area (Å²) in [5.41, 5.74) is 2.47. The van der Waals surface area contributed by atoms with Gasteiger partial charge in [0.1, 0.15) is 0 Å². The average Bonchev–Trinajstić information content (AvgIpc) is 2.41. The van der Waals surface area contributed by atoms with Gasteiger partial charge >= 0.3 is 35.5 Å². The number of hydrogen-bond donors (Lipinski definition) is 1. The number of aryl methyl sites for hydroxylation is 1. The summed E-state index contributed by atoms with van der Waals surface area (Å²) in [6.07, 6.45) is 3.40. The molecule has 0 aliphatic carbocycles. The number of carboxylic acids is 2. The summed E-state index contributed by atoms with van der Waals surface area (Å²) in [6, 6.07) is 8.28. The average molecular weight is 284 g/mol. The van der Waals surface area contributed by atoms with Crippen LogP contribution in [-0.2, 0) is 9.59 Å². The Morgan fingerprint density at radius 2 is 1.45 bits per heavy atom. The molecular formula is C15H17NaO4.